The zero-order valence-corrected chi connectivity index (χ0v) is 11.9. The minimum atomic E-state index is 0.0387. The molecular formula is C18H11NOS. The minimum Gasteiger partial charge on any atom is -0.288 e. The van der Waals surface area contributed by atoms with Gasteiger partial charge in [0.15, 0.2) is 5.78 Å². The smallest absolute Gasteiger partial charge is 0.196 e. The summed E-state index contributed by atoms with van der Waals surface area (Å²) in [5.41, 5.74) is 2.19. The number of fused-ring (bicyclic) bond motifs is 2. The minimum absolute atomic E-state index is 0.0387. The average molecular weight is 289 g/mol. The first-order valence-corrected chi connectivity index (χ1v) is 7.57. The number of thiophene rings is 1. The average Bonchev–Trinajstić information content (AvgIpc) is 2.98. The highest BCUT2D eigenvalue weighted by molar-refractivity contribution is 7.17. The van der Waals surface area contributed by atoms with Gasteiger partial charge >= 0.3 is 0 Å². The van der Waals surface area contributed by atoms with Crippen molar-refractivity contribution in [3.8, 4) is 0 Å². The summed E-state index contributed by atoms with van der Waals surface area (Å²) in [4.78, 5) is 17.3. The van der Waals surface area contributed by atoms with E-state index >= 15 is 0 Å². The van der Waals surface area contributed by atoms with E-state index in [0.29, 0.717) is 5.56 Å². The molecule has 0 amide bonds. The summed E-state index contributed by atoms with van der Waals surface area (Å²) in [5.74, 6) is 0.0387. The van der Waals surface area contributed by atoms with Crippen LogP contribution in [0.2, 0.25) is 0 Å². The Hall–Kier alpha value is -2.52. The summed E-state index contributed by atoms with van der Waals surface area (Å²) in [6.45, 7) is 0. The Labute approximate surface area is 125 Å². The van der Waals surface area contributed by atoms with Crippen molar-refractivity contribution in [2.24, 2.45) is 0 Å². The van der Waals surface area contributed by atoms with Crippen molar-refractivity contribution in [3.05, 3.63) is 77.3 Å². The van der Waals surface area contributed by atoms with Crippen LogP contribution in [0.3, 0.4) is 0 Å². The molecule has 2 heterocycles. The SMILES string of the molecule is O=C(c1csc2ccccc12)c1cccc2cccnc12. The summed E-state index contributed by atoms with van der Waals surface area (Å²) in [6, 6.07) is 17.6. The van der Waals surface area contributed by atoms with Crippen LogP contribution in [0.4, 0.5) is 0 Å². The zero-order valence-electron chi connectivity index (χ0n) is 11.1. The lowest BCUT2D eigenvalue weighted by Gasteiger charge is -2.04. The molecule has 0 fully saturated rings. The summed E-state index contributed by atoms with van der Waals surface area (Å²) in [7, 11) is 0. The van der Waals surface area contributed by atoms with Crippen LogP contribution in [0.25, 0.3) is 21.0 Å². The van der Waals surface area contributed by atoms with Crippen molar-refractivity contribution in [3.63, 3.8) is 0 Å². The number of hydrogen-bond acceptors (Lipinski definition) is 3. The number of nitrogens with zero attached hydrogens (tertiary/aromatic N) is 1. The highest BCUT2D eigenvalue weighted by atomic mass is 32.1. The second-order valence-electron chi connectivity index (χ2n) is 4.86. The molecule has 4 rings (SSSR count). The molecule has 0 N–H and O–H groups in total. The molecule has 4 aromatic rings. The molecule has 21 heavy (non-hydrogen) atoms. The molecular weight excluding hydrogens is 278 g/mol. The van der Waals surface area contributed by atoms with Crippen LogP contribution in [-0.2, 0) is 0 Å². The third-order valence-corrected chi connectivity index (χ3v) is 4.57. The van der Waals surface area contributed by atoms with Crippen LogP contribution >= 0.6 is 11.3 Å². The number of rotatable bonds is 2. The molecule has 3 heteroatoms. The van der Waals surface area contributed by atoms with Gasteiger partial charge in [-0.1, -0.05) is 36.4 Å². The molecule has 0 aliphatic rings. The fourth-order valence-corrected chi connectivity index (χ4v) is 3.53. The molecule has 0 spiro atoms. The maximum absolute atomic E-state index is 12.9. The molecule has 2 aromatic heterocycles. The van der Waals surface area contributed by atoms with E-state index in [2.05, 4.69) is 4.98 Å². The van der Waals surface area contributed by atoms with E-state index < -0.39 is 0 Å². The Bertz CT molecular complexity index is 966. The van der Waals surface area contributed by atoms with Gasteiger partial charge in [-0.25, -0.2) is 0 Å². The zero-order chi connectivity index (χ0) is 14.2. The predicted molar refractivity (Wildman–Crippen MR) is 87.0 cm³/mol. The Morgan fingerprint density at radius 2 is 1.76 bits per heavy atom. The van der Waals surface area contributed by atoms with Crippen LogP contribution in [-0.4, -0.2) is 10.8 Å². The van der Waals surface area contributed by atoms with E-state index in [4.69, 9.17) is 0 Å². The Kier molecular flexibility index (Phi) is 2.79. The quantitative estimate of drug-likeness (QED) is 0.501. The van der Waals surface area contributed by atoms with Gasteiger partial charge in [0.25, 0.3) is 0 Å². The number of carbonyl (C=O) groups excluding carboxylic acids is 1. The lowest BCUT2D eigenvalue weighted by Crippen LogP contribution is -2.02. The number of para-hydroxylation sites is 1. The second-order valence-corrected chi connectivity index (χ2v) is 5.77. The fourth-order valence-electron chi connectivity index (χ4n) is 2.59. The van der Waals surface area contributed by atoms with Crippen molar-refractivity contribution in [2.75, 3.05) is 0 Å². The number of pyridine rings is 1. The number of hydrogen-bond donors (Lipinski definition) is 0. The van der Waals surface area contributed by atoms with Crippen LogP contribution in [0.15, 0.2) is 66.2 Å². The van der Waals surface area contributed by atoms with Crippen molar-refractivity contribution in [1.29, 1.82) is 0 Å². The van der Waals surface area contributed by atoms with Crippen molar-refractivity contribution in [1.82, 2.24) is 4.98 Å². The van der Waals surface area contributed by atoms with Gasteiger partial charge in [0.2, 0.25) is 0 Å². The van der Waals surface area contributed by atoms with E-state index in [1.807, 2.05) is 60.0 Å². The van der Waals surface area contributed by atoms with Crippen LogP contribution in [0.5, 0.6) is 0 Å². The topological polar surface area (TPSA) is 30.0 Å². The van der Waals surface area contributed by atoms with Gasteiger partial charge in [-0.3, -0.25) is 9.78 Å². The number of aromatic nitrogens is 1. The molecule has 0 aliphatic heterocycles. The molecule has 2 nitrogen and oxygen atoms in total. The van der Waals surface area contributed by atoms with Crippen LogP contribution in [0.1, 0.15) is 15.9 Å². The molecule has 2 aromatic carbocycles. The summed E-state index contributed by atoms with van der Waals surface area (Å²) < 4.78 is 1.13. The largest absolute Gasteiger partial charge is 0.288 e. The lowest BCUT2D eigenvalue weighted by molar-refractivity contribution is 0.104. The monoisotopic (exact) mass is 289 g/mol. The van der Waals surface area contributed by atoms with Gasteiger partial charge in [-0.15, -0.1) is 11.3 Å². The first kappa shape index (κ1) is 12.2. The first-order chi connectivity index (χ1) is 10.3. The van der Waals surface area contributed by atoms with Crippen LogP contribution < -0.4 is 0 Å². The second kappa shape index (κ2) is 4.79. The maximum Gasteiger partial charge on any atom is 0.196 e. The molecule has 0 radical (unpaired) electrons. The Balaban J connectivity index is 1.95. The third kappa shape index (κ3) is 1.94. The molecule has 0 saturated carbocycles. The van der Waals surface area contributed by atoms with Gasteiger partial charge in [0.1, 0.15) is 0 Å². The van der Waals surface area contributed by atoms with E-state index in [0.717, 1.165) is 26.6 Å². The number of ketones is 1. The summed E-state index contributed by atoms with van der Waals surface area (Å²) in [5, 5.41) is 3.94. The van der Waals surface area contributed by atoms with Crippen LogP contribution in [0, 0.1) is 0 Å². The third-order valence-electron chi connectivity index (χ3n) is 3.60. The van der Waals surface area contributed by atoms with Gasteiger partial charge in [0.05, 0.1) is 5.52 Å². The molecule has 0 aliphatic carbocycles. The van der Waals surface area contributed by atoms with E-state index in [1.54, 1.807) is 17.5 Å². The molecule has 0 unspecified atom stereocenters. The van der Waals surface area contributed by atoms with Gasteiger partial charge in [-0.2, -0.15) is 0 Å². The van der Waals surface area contributed by atoms with Gasteiger partial charge in [-0.05, 0) is 18.2 Å². The molecule has 0 bridgehead atoms. The number of benzene rings is 2. The van der Waals surface area contributed by atoms with E-state index in [1.165, 1.54) is 0 Å². The standard InChI is InChI=1S/C18H11NOS/c20-18(15-11-21-16-9-2-1-7-13(15)16)14-8-3-5-12-6-4-10-19-17(12)14/h1-11H. The van der Waals surface area contributed by atoms with Crippen molar-refractivity contribution >= 4 is 38.1 Å². The van der Waals surface area contributed by atoms with Crippen molar-refractivity contribution < 1.29 is 4.79 Å². The maximum atomic E-state index is 12.9. The highest BCUT2D eigenvalue weighted by Gasteiger charge is 2.16. The van der Waals surface area contributed by atoms with E-state index in [-0.39, 0.29) is 5.78 Å². The van der Waals surface area contributed by atoms with Gasteiger partial charge in [0, 0.05) is 38.2 Å². The molecule has 100 valence electrons. The lowest BCUT2D eigenvalue weighted by atomic mass is 10.00. The normalized spacial score (nSPS) is 11.0. The Morgan fingerprint density at radius 1 is 0.905 bits per heavy atom. The highest BCUT2D eigenvalue weighted by Crippen LogP contribution is 2.29. The van der Waals surface area contributed by atoms with E-state index in [9.17, 15) is 4.79 Å². The predicted octanol–water partition coefficient (Wildman–Crippen LogP) is 4.68. The summed E-state index contributed by atoms with van der Waals surface area (Å²) >= 11 is 1.60. The Morgan fingerprint density at radius 3 is 2.71 bits per heavy atom. The summed E-state index contributed by atoms with van der Waals surface area (Å²) in [6.07, 6.45) is 1.73. The fraction of sp³-hybridized carbons (Fsp3) is 0. The van der Waals surface area contributed by atoms with Crippen molar-refractivity contribution in [2.45, 2.75) is 0 Å². The molecule has 0 saturated heterocycles. The first-order valence-electron chi connectivity index (χ1n) is 6.69. The van der Waals surface area contributed by atoms with Gasteiger partial charge < -0.3 is 0 Å². The molecule has 0 atom stereocenters. The number of carbonyl (C=O) groups is 1.